The molecular formula is C38H58F6N2O. The number of benzene rings is 1. The Morgan fingerprint density at radius 1 is 0.809 bits per heavy atom. The Morgan fingerprint density at radius 2 is 1.45 bits per heavy atom. The lowest BCUT2D eigenvalue weighted by molar-refractivity contribution is -0.405. The van der Waals surface area contributed by atoms with Crippen molar-refractivity contribution in [3.8, 4) is 0 Å². The van der Waals surface area contributed by atoms with Crippen LogP contribution in [-0.4, -0.2) is 18.6 Å². The molecule has 4 aliphatic carbocycles. The molecule has 0 aromatic heterocycles. The molecule has 0 heterocycles. The van der Waals surface area contributed by atoms with Crippen molar-refractivity contribution >= 4 is 11.4 Å². The summed E-state index contributed by atoms with van der Waals surface area (Å²) in [5, 5.41) is 0. The summed E-state index contributed by atoms with van der Waals surface area (Å²) in [6.45, 7) is 12.2. The van der Waals surface area contributed by atoms with Crippen LogP contribution in [0.15, 0.2) is 18.2 Å². The lowest BCUT2D eigenvalue weighted by Gasteiger charge is -2.61. The molecule has 9 atom stereocenters. The Labute approximate surface area is 278 Å². The van der Waals surface area contributed by atoms with E-state index in [2.05, 4.69) is 25.5 Å². The van der Waals surface area contributed by atoms with Gasteiger partial charge >= 0.3 is 18.0 Å². The Kier molecular flexibility index (Phi) is 9.82. The van der Waals surface area contributed by atoms with Gasteiger partial charge in [-0.3, -0.25) is 0 Å². The maximum absolute atomic E-state index is 14.8. The number of fused-ring (bicyclic) bond motifs is 5. The van der Waals surface area contributed by atoms with Gasteiger partial charge in [-0.1, -0.05) is 54.4 Å². The van der Waals surface area contributed by atoms with Crippen LogP contribution in [0.4, 0.5) is 37.7 Å². The van der Waals surface area contributed by atoms with Crippen LogP contribution < -0.4 is 11.5 Å². The first-order valence-corrected chi connectivity index (χ1v) is 18.1. The predicted octanol–water partition coefficient (Wildman–Crippen LogP) is 11.3. The molecule has 47 heavy (non-hydrogen) atoms. The number of alkyl halides is 6. The molecule has 5 rings (SSSR count). The zero-order valence-electron chi connectivity index (χ0n) is 29.3. The van der Waals surface area contributed by atoms with Gasteiger partial charge in [0.2, 0.25) is 0 Å². The van der Waals surface area contributed by atoms with E-state index in [1.54, 1.807) is 6.92 Å². The summed E-state index contributed by atoms with van der Waals surface area (Å²) in [4.78, 5) is 0. The van der Waals surface area contributed by atoms with Crippen molar-refractivity contribution in [3.05, 3.63) is 23.8 Å². The highest BCUT2D eigenvalue weighted by atomic mass is 19.3. The van der Waals surface area contributed by atoms with Gasteiger partial charge in [-0.25, -0.2) is 0 Å². The first-order valence-electron chi connectivity index (χ1n) is 18.1. The molecule has 4 aliphatic rings. The van der Waals surface area contributed by atoms with Crippen molar-refractivity contribution in [3.63, 3.8) is 0 Å². The second kappa shape index (κ2) is 12.6. The van der Waals surface area contributed by atoms with Crippen LogP contribution in [0.5, 0.6) is 0 Å². The average molecular weight is 673 g/mol. The van der Waals surface area contributed by atoms with Crippen molar-refractivity contribution in [1.29, 1.82) is 0 Å². The molecule has 4 saturated carbocycles. The Morgan fingerprint density at radius 3 is 2.11 bits per heavy atom. The van der Waals surface area contributed by atoms with Gasteiger partial charge < -0.3 is 16.2 Å². The first-order chi connectivity index (χ1) is 21.7. The molecule has 2 unspecified atom stereocenters. The number of nitrogen functional groups attached to an aromatic ring is 2. The summed E-state index contributed by atoms with van der Waals surface area (Å²) in [6, 6.07) is 2.12. The fourth-order valence-corrected chi connectivity index (χ4v) is 11.1. The van der Waals surface area contributed by atoms with Crippen molar-refractivity contribution in [2.24, 2.45) is 57.7 Å². The van der Waals surface area contributed by atoms with E-state index in [4.69, 9.17) is 11.5 Å². The second-order valence-electron chi connectivity index (χ2n) is 17.4. The van der Waals surface area contributed by atoms with E-state index in [0.717, 1.165) is 36.2 Å². The molecular weight excluding hydrogens is 614 g/mol. The summed E-state index contributed by atoms with van der Waals surface area (Å²) in [5.74, 6) is -7.32. The molecule has 0 saturated heterocycles. The number of halogens is 6. The summed E-state index contributed by atoms with van der Waals surface area (Å²) >= 11 is 0. The van der Waals surface area contributed by atoms with Gasteiger partial charge in [-0.2, -0.15) is 26.3 Å². The minimum Gasteiger partial charge on any atom is -0.399 e. The van der Waals surface area contributed by atoms with Crippen LogP contribution in [0.2, 0.25) is 0 Å². The van der Waals surface area contributed by atoms with E-state index in [1.165, 1.54) is 64.2 Å². The third-order valence-electron chi connectivity index (χ3n) is 14.5. The molecule has 0 aliphatic heterocycles. The molecule has 0 bridgehead atoms. The maximum atomic E-state index is 14.8. The van der Waals surface area contributed by atoms with E-state index in [1.807, 2.05) is 13.8 Å². The number of rotatable bonds is 11. The summed E-state index contributed by atoms with van der Waals surface area (Å²) in [5.41, 5.74) is 9.15. The third kappa shape index (κ3) is 6.30. The van der Waals surface area contributed by atoms with Crippen LogP contribution in [0.1, 0.15) is 124 Å². The number of hydrogen-bond donors (Lipinski definition) is 2. The van der Waals surface area contributed by atoms with Crippen LogP contribution in [0.3, 0.4) is 0 Å². The van der Waals surface area contributed by atoms with Gasteiger partial charge in [-0.15, -0.1) is 0 Å². The molecule has 9 heteroatoms. The highest BCUT2D eigenvalue weighted by Crippen LogP contribution is 2.68. The van der Waals surface area contributed by atoms with Crippen molar-refractivity contribution in [2.75, 3.05) is 18.1 Å². The van der Waals surface area contributed by atoms with Crippen LogP contribution in [-0.2, 0) is 10.7 Å². The van der Waals surface area contributed by atoms with Crippen LogP contribution in [0, 0.1) is 57.7 Å². The molecule has 0 radical (unpaired) electrons. The summed E-state index contributed by atoms with van der Waals surface area (Å²) < 4.78 is 93.1. The Hall–Kier alpha value is -1.64. The largest absolute Gasteiger partial charge is 0.426 e. The number of anilines is 2. The van der Waals surface area contributed by atoms with E-state index in [0.29, 0.717) is 41.2 Å². The fraction of sp³-hybridized carbons (Fsp3) is 0.842. The fourth-order valence-electron chi connectivity index (χ4n) is 11.1. The normalized spacial score (nSPS) is 34.7. The Balaban J connectivity index is 1.18. The van der Waals surface area contributed by atoms with Crippen molar-refractivity contribution in [1.82, 2.24) is 0 Å². The van der Waals surface area contributed by atoms with Crippen LogP contribution in [0.25, 0.3) is 0 Å². The van der Waals surface area contributed by atoms with Gasteiger partial charge in [0.1, 0.15) is 0 Å². The molecule has 1 aromatic carbocycles. The molecule has 1 aromatic rings. The van der Waals surface area contributed by atoms with E-state index < -0.39 is 41.5 Å². The second-order valence-corrected chi connectivity index (χ2v) is 17.4. The molecule has 0 amide bonds. The number of nitrogens with two attached hydrogens (primary N) is 2. The first kappa shape index (κ1) is 36.6. The van der Waals surface area contributed by atoms with Gasteiger partial charge in [-0.05, 0) is 140 Å². The molecule has 0 spiro atoms. The van der Waals surface area contributed by atoms with Gasteiger partial charge in [0.25, 0.3) is 0 Å². The zero-order valence-corrected chi connectivity index (χ0v) is 29.3. The van der Waals surface area contributed by atoms with E-state index in [9.17, 15) is 26.3 Å². The smallest absolute Gasteiger partial charge is 0.399 e. The lowest BCUT2D eigenvalue weighted by atomic mass is 9.44. The van der Waals surface area contributed by atoms with E-state index >= 15 is 0 Å². The van der Waals surface area contributed by atoms with Gasteiger partial charge in [0.15, 0.2) is 0 Å². The van der Waals surface area contributed by atoms with E-state index in [-0.39, 0.29) is 11.4 Å². The molecule has 4 fully saturated rings. The predicted molar refractivity (Wildman–Crippen MR) is 176 cm³/mol. The van der Waals surface area contributed by atoms with Gasteiger partial charge in [0.05, 0.1) is 6.61 Å². The number of hydrogen-bond acceptors (Lipinski definition) is 3. The topological polar surface area (TPSA) is 61.3 Å². The zero-order chi connectivity index (χ0) is 34.8. The quantitative estimate of drug-likeness (QED) is 0.182. The van der Waals surface area contributed by atoms with Crippen molar-refractivity contribution < 1.29 is 31.1 Å². The number of ether oxygens (including phenoxy) is 1. The standard InChI is InChI=1S/C38H58F6N2O/c1-23(30-12-13-31-29-11-10-25-9-7-8-16-34(25,5)32(29)15-18-35(30,31)6)14-17-33(3,4)24(2)22-47-38(43,44)37(41,42)36(39,40)26-19-27(45)21-28(46)20-26/h19-21,23-25,29-32H,7-18,22,45-46H2,1-6H3/t23-,24?,25?,29+,30-,31+,32+,34+,35-/m1/s1. The SMILES string of the molecule is CC(COC(F)(F)C(F)(F)C(F)(F)c1cc(N)cc(N)c1)C(C)(C)CC[C@@H](C)[C@H]1CC[C@H]2[C@@H]3CCC4CCCC[C@]4(C)[C@H]3CC[C@]12C. The van der Waals surface area contributed by atoms with Crippen LogP contribution >= 0.6 is 0 Å². The highest BCUT2D eigenvalue weighted by molar-refractivity contribution is 5.55. The molecule has 268 valence electrons. The minimum atomic E-state index is -5.83. The lowest BCUT2D eigenvalue weighted by Crippen LogP contribution is -2.54. The highest BCUT2D eigenvalue weighted by Gasteiger charge is 2.73. The average Bonchev–Trinajstić information content (AvgIpc) is 3.35. The summed E-state index contributed by atoms with van der Waals surface area (Å²) in [7, 11) is 0. The molecule has 3 nitrogen and oxygen atoms in total. The third-order valence-corrected chi connectivity index (χ3v) is 14.5. The molecule has 4 N–H and O–H groups in total. The minimum absolute atomic E-state index is 0.310. The monoisotopic (exact) mass is 672 g/mol. The summed E-state index contributed by atoms with van der Waals surface area (Å²) in [6.07, 6.45) is 9.61. The van der Waals surface area contributed by atoms with Crippen molar-refractivity contribution in [2.45, 2.75) is 137 Å². The Bertz CT molecular complexity index is 1250. The maximum Gasteiger partial charge on any atom is 0.426 e. The van der Waals surface area contributed by atoms with Gasteiger partial charge in [0, 0.05) is 16.9 Å².